The largest absolute Gasteiger partial charge is 0.497 e. The molecule has 3 aromatic rings. The summed E-state index contributed by atoms with van der Waals surface area (Å²) in [6.45, 7) is 5.43. The number of ether oxygens (including phenoxy) is 2. The fourth-order valence-corrected chi connectivity index (χ4v) is 4.64. The van der Waals surface area contributed by atoms with Gasteiger partial charge in [-0.05, 0) is 36.3 Å². The third kappa shape index (κ3) is 4.07. The number of carbonyl (C=O) groups excluding carboxylic acids is 1. The normalized spacial score (nSPS) is 15.7. The van der Waals surface area contributed by atoms with E-state index in [-0.39, 0.29) is 12.2 Å². The molecular formula is C25H22N2O4S. The van der Waals surface area contributed by atoms with Crippen molar-refractivity contribution < 1.29 is 14.3 Å². The smallest absolute Gasteiger partial charge is 0.338 e. The highest BCUT2D eigenvalue weighted by Gasteiger charge is 2.33. The van der Waals surface area contributed by atoms with Gasteiger partial charge in [0.2, 0.25) is 0 Å². The van der Waals surface area contributed by atoms with Gasteiger partial charge < -0.3 is 9.47 Å². The van der Waals surface area contributed by atoms with Gasteiger partial charge in [0.05, 0.1) is 29.0 Å². The van der Waals surface area contributed by atoms with E-state index in [1.165, 1.54) is 17.4 Å². The number of thiazole rings is 1. The van der Waals surface area contributed by atoms with Crippen LogP contribution in [0.5, 0.6) is 5.75 Å². The van der Waals surface area contributed by atoms with Crippen molar-refractivity contribution in [3.05, 3.63) is 109 Å². The number of esters is 1. The molecular weight excluding hydrogens is 424 g/mol. The van der Waals surface area contributed by atoms with Crippen LogP contribution in [0.25, 0.3) is 6.08 Å². The van der Waals surface area contributed by atoms with Crippen molar-refractivity contribution in [2.75, 3.05) is 13.7 Å². The molecule has 0 spiro atoms. The molecule has 0 bridgehead atoms. The van der Waals surface area contributed by atoms with Crippen LogP contribution in [0.15, 0.2) is 88.3 Å². The molecule has 7 heteroatoms. The Morgan fingerprint density at radius 2 is 1.91 bits per heavy atom. The Labute approximate surface area is 189 Å². The maximum atomic E-state index is 13.5. The minimum atomic E-state index is -0.660. The number of allylic oxidation sites excluding steroid dienone is 1. The highest BCUT2D eigenvalue weighted by atomic mass is 32.1. The first-order valence-corrected chi connectivity index (χ1v) is 10.8. The van der Waals surface area contributed by atoms with Crippen LogP contribution in [0.2, 0.25) is 0 Å². The van der Waals surface area contributed by atoms with Gasteiger partial charge in [-0.2, -0.15) is 0 Å². The highest BCUT2D eigenvalue weighted by Crippen LogP contribution is 2.31. The van der Waals surface area contributed by atoms with Crippen LogP contribution in [-0.2, 0) is 9.53 Å². The third-order valence-electron chi connectivity index (χ3n) is 5.10. The number of benzene rings is 2. The van der Waals surface area contributed by atoms with Crippen molar-refractivity contribution in [2.45, 2.75) is 13.0 Å². The molecule has 0 amide bonds. The lowest BCUT2D eigenvalue weighted by molar-refractivity contribution is -0.138. The van der Waals surface area contributed by atoms with Gasteiger partial charge in [0.15, 0.2) is 4.80 Å². The second kappa shape index (κ2) is 9.20. The van der Waals surface area contributed by atoms with Gasteiger partial charge in [-0.25, -0.2) is 9.79 Å². The lowest BCUT2D eigenvalue weighted by Gasteiger charge is -2.24. The molecule has 2 aromatic carbocycles. The number of aromatic nitrogens is 1. The quantitative estimate of drug-likeness (QED) is 0.431. The summed E-state index contributed by atoms with van der Waals surface area (Å²) < 4.78 is 12.7. The van der Waals surface area contributed by atoms with Crippen LogP contribution < -0.4 is 19.6 Å². The van der Waals surface area contributed by atoms with Crippen molar-refractivity contribution in [3.8, 4) is 5.75 Å². The van der Waals surface area contributed by atoms with Crippen LogP contribution in [0.1, 0.15) is 24.1 Å². The molecule has 1 atom stereocenters. The molecule has 1 aliphatic heterocycles. The first-order valence-electron chi connectivity index (χ1n) is 10.0. The standard InChI is InChI=1S/C25H22N2O4S/c1-4-14-31-24(29)21-16(2)26-25-27(22(21)18-10-12-19(30-3)13-11-18)23(28)20(32-25)15-17-8-6-5-7-9-17/h4-13,15,22H,1,14H2,2-3H3/b20-15+. The second-order valence-corrected chi connectivity index (χ2v) is 8.16. The van der Waals surface area contributed by atoms with Crippen LogP contribution in [0.3, 0.4) is 0 Å². The van der Waals surface area contributed by atoms with E-state index in [1.54, 1.807) is 30.7 Å². The summed E-state index contributed by atoms with van der Waals surface area (Å²) in [6.07, 6.45) is 3.34. The van der Waals surface area contributed by atoms with E-state index < -0.39 is 12.0 Å². The van der Waals surface area contributed by atoms with E-state index in [9.17, 15) is 9.59 Å². The maximum absolute atomic E-state index is 13.5. The SMILES string of the molecule is C=CCOC(=O)C1=C(C)N=c2s/c(=C/c3ccccc3)c(=O)n2C1c1ccc(OC)cc1. The van der Waals surface area contributed by atoms with E-state index in [2.05, 4.69) is 11.6 Å². The molecule has 1 unspecified atom stereocenters. The van der Waals surface area contributed by atoms with Crippen LogP contribution in [0, 0.1) is 0 Å². The molecule has 0 fully saturated rings. The van der Waals surface area contributed by atoms with E-state index in [4.69, 9.17) is 9.47 Å². The summed E-state index contributed by atoms with van der Waals surface area (Å²) in [5, 5.41) is 0. The Kier molecular flexibility index (Phi) is 6.18. The summed E-state index contributed by atoms with van der Waals surface area (Å²) in [4.78, 5) is 31.6. The van der Waals surface area contributed by atoms with Crippen molar-refractivity contribution in [3.63, 3.8) is 0 Å². The molecule has 0 saturated carbocycles. The number of rotatable bonds is 6. The van der Waals surface area contributed by atoms with Gasteiger partial charge in [0, 0.05) is 0 Å². The average Bonchev–Trinajstić information content (AvgIpc) is 3.11. The van der Waals surface area contributed by atoms with Gasteiger partial charge >= 0.3 is 5.97 Å². The van der Waals surface area contributed by atoms with Crippen LogP contribution in [0.4, 0.5) is 0 Å². The Bertz CT molecular complexity index is 1370. The fraction of sp³-hybridized carbons (Fsp3) is 0.160. The molecule has 0 radical (unpaired) electrons. The van der Waals surface area contributed by atoms with E-state index >= 15 is 0 Å². The summed E-state index contributed by atoms with van der Waals surface area (Å²) in [5.41, 5.74) is 2.32. The lowest BCUT2D eigenvalue weighted by Crippen LogP contribution is -2.39. The fourth-order valence-electron chi connectivity index (χ4n) is 3.60. The van der Waals surface area contributed by atoms with Gasteiger partial charge in [-0.15, -0.1) is 0 Å². The Balaban J connectivity index is 1.92. The van der Waals surface area contributed by atoms with Gasteiger partial charge in [0.25, 0.3) is 5.56 Å². The zero-order valence-electron chi connectivity index (χ0n) is 17.8. The predicted molar refractivity (Wildman–Crippen MR) is 124 cm³/mol. The number of methoxy groups -OCH3 is 1. The molecule has 0 N–H and O–H groups in total. The molecule has 1 aliphatic rings. The molecule has 2 heterocycles. The molecule has 32 heavy (non-hydrogen) atoms. The minimum Gasteiger partial charge on any atom is -0.497 e. The number of hydrogen-bond donors (Lipinski definition) is 0. The van der Waals surface area contributed by atoms with Crippen molar-refractivity contribution >= 4 is 23.4 Å². The highest BCUT2D eigenvalue weighted by molar-refractivity contribution is 7.07. The summed E-state index contributed by atoms with van der Waals surface area (Å²) in [7, 11) is 1.59. The van der Waals surface area contributed by atoms with E-state index in [0.717, 1.165) is 11.1 Å². The maximum Gasteiger partial charge on any atom is 0.338 e. The summed E-state index contributed by atoms with van der Waals surface area (Å²) >= 11 is 1.30. The monoisotopic (exact) mass is 446 g/mol. The Morgan fingerprint density at radius 1 is 1.19 bits per heavy atom. The predicted octanol–water partition coefficient (Wildman–Crippen LogP) is 2.97. The summed E-state index contributed by atoms with van der Waals surface area (Å²) in [5.74, 6) is 0.158. The second-order valence-electron chi connectivity index (χ2n) is 7.15. The van der Waals surface area contributed by atoms with Crippen LogP contribution >= 0.6 is 11.3 Å². The first kappa shape index (κ1) is 21.5. The lowest BCUT2D eigenvalue weighted by atomic mass is 9.96. The molecule has 0 saturated heterocycles. The third-order valence-corrected chi connectivity index (χ3v) is 6.09. The number of fused-ring (bicyclic) bond motifs is 1. The molecule has 4 rings (SSSR count). The zero-order chi connectivity index (χ0) is 22.7. The number of hydrogen-bond acceptors (Lipinski definition) is 6. The number of carbonyl (C=O) groups is 1. The Hall–Kier alpha value is -3.71. The van der Waals surface area contributed by atoms with Gasteiger partial charge in [-0.1, -0.05) is 66.5 Å². The van der Waals surface area contributed by atoms with E-state index in [0.29, 0.717) is 26.4 Å². The van der Waals surface area contributed by atoms with Crippen LogP contribution in [-0.4, -0.2) is 24.3 Å². The van der Waals surface area contributed by atoms with Crippen molar-refractivity contribution in [1.29, 1.82) is 0 Å². The molecule has 6 nitrogen and oxygen atoms in total. The molecule has 162 valence electrons. The average molecular weight is 447 g/mol. The van der Waals surface area contributed by atoms with Crippen molar-refractivity contribution in [2.24, 2.45) is 4.99 Å². The summed E-state index contributed by atoms with van der Waals surface area (Å²) in [6, 6.07) is 16.3. The number of nitrogens with zero attached hydrogens (tertiary/aromatic N) is 2. The zero-order valence-corrected chi connectivity index (χ0v) is 18.6. The molecule has 1 aromatic heterocycles. The Morgan fingerprint density at radius 3 is 2.56 bits per heavy atom. The molecule has 0 aliphatic carbocycles. The topological polar surface area (TPSA) is 69.9 Å². The van der Waals surface area contributed by atoms with Crippen molar-refractivity contribution in [1.82, 2.24) is 4.57 Å². The minimum absolute atomic E-state index is 0.0728. The van der Waals surface area contributed by atoms with Gasteiger partial charge in [-0.3, -0.25) is 9.36 Å². The van der Waals surface area contributed by atoms with Gasteiger partial charge in [0.1, 0.15) is 12.4 Å². The van der Waals surface area contributed by atoms with E-state index in [1.807, 2.05) is 48.5 Å². The first-order chi connectivity index (χ1) is 15.5.